The zero-order chi connectivity index (χ0) is 29.5. The first-order chi connectivity index (χ1) is 22.4. The van der Waals surface area contributed by atoms with Crippen LogP contribution in [0.15, 0.2) is 164 Å². The first-order valence-corrected chi connectivity index (χ1v) is 15.5. The summed E-state index contributed by atoms with van der Waals surface area (Å²) >= 11 is 0. The van der Waals surface area contributed by atoms with Gasteiger partial charge >= 0.3 is 0 Å². The van der Waals surface area contributed by atoms with Gasteiger partial charge in [-0.1, -0.05) is 97.1 Å². The van der Waals surface area contributed by atoms with E-state index in [1.165, 1.54) is 71.1 Å². The Kier molecular flexibility index (Phi) is 5.00. The summed E-state index contributed by atoms with van der Waals surface area (Å²) < 4.78 is 7.30. The molecular weight excluding hydrogens is 546 g/mol. The van der Waals surface area contributed by atoms with Crippen molar-refractivity contribution in [2.75, 3.05) is 0 Å². The predicted octanol–water partition coefficient (Wildman–Crippen LogP) is 11.0. The van der Waals surface area contributed by atoms with Crippen LogP contribution >= 0.6 is 0 Å². The van der Waals surface area contributed by atoms with Gasteiger partial charge in [0.15, 0.2) is 0 Å². The fraction of sp³-hybridized carbons (Fsp3) is 0. The maximum Gasteiger partial charge on any atom is 0.0563 e. The summed E-state index contributed by atoms with van der Waals surface area (Å²) in [4.78, 5) is 0. The van der Waals surface area contributed by atoms with Gasteiger partial charge in [0.2, 0.25) is 0 Å². The van der Waals surface area contributed by atoms with Crippen molar-refractivity contribution in [3.63, 3.8) is 0 Å². The predicted molar refractivity (Wildman–Crippen MR) is 189 cm³/mol. The molecule has 0 atom stereocenters. The lowest BCUT2D eigenvalue weighted by Gasteiger charge is -2.11. The van der Waals surface area contributed by atoms with Gasteiger partial charge in [0, 0.05) is 43.7 Å². The lowest BCUT2D eigenvalue weighted by molar-refractivity contribution is 1.16. The fourth-order valence-electron chi connectivity index (χ4n) is 7.59. The molecule has 0 amide bonds. The summed E-state index contributed by atoms with van der Waals surface area (Å²) in [7, 11) is 0. The zero-order valence-electron chi connectivity index (χ0n) is 24.4. The monoisotopic (exact) mass is 573 g/mol. The molecule has 10 rings (SSSR count). The van der Waals surface area contributed by atoms with Gasteiger partial charge in [-0.25, -0.2) is 0 Å². The smallest absolute Gasteiger partial charge is 0.0563 e. The van der Waals surface area contributed by atoms with Crippen LogP contribution in [-0.2, 0) is 0 Å². The van der Waals surface area contributed by atoms with Gasteiger partial charge in [0.1, 0.15) is 0 Å². The normalized spacial score (nSPS) is 12.0. The maximum absolute atomic E-state index is 2.46. The summed E-state index contributed by atoms with van der Waals surface area (Å²) in [6.45, 7) is 0. The Morgan fingerprint density at radius 3 is 1.31 bits per heavy atom. The minimum absolute atomic E-state index is 1.15. The van der Waals surface area contributed by atoms with Crippen molar-refractivity contribution in [3.05, 3.63) is 164 Å². The van der Waals surface area contributed by atoms with E-state index < -0.39 is 0 Å². The van der Waals surface area contributed by atoms with E-state index in [-0.39, 0.29) is 0 Å². The minimum Gasteiger partial charge on any atom is -0.309 e. The van der Waals surface area contributed by atoms with Crippen LogP contribution in [0, 0.1) is 0 Å². The highest BCUT2D eigenvalue weighted by Gasteiger charge is 2.22. The van der Waals surface area contributed by atoms with Gasteiger partial charge < -0.3 is 13.7 Å². The Labute approximate surface area is 259 Å². The quantitative estimate of drug-likeness (QED) is 0.200. The molecule has 0 aliphatic carbocycles. The largest absolute Gasteiger partial charge is 0.309 e. The molecule has 45 heavy (non-hydrogen) atoms. The summed E-state index contributed by atoms with van der Waals surface area (Å²) in [6.07, 6.45) is 0. The third-order valence-corrected chi connectivity index (χ3v) is 9.41. The van der Waals surface area contributed by atoms with E-state index in [1.807, 2.05) is 0 Å². The molecule has 7 aromatic carbocycles. The third-order valence-electron chi connectivity index (χ3n) is 9.41. The molecule has 3 aromatic heterocycles. The first-order valence-electron chi connectivity index (χ1n) is 15.5. The molecule has 210 valence electrons. The average molecular weight is 574 g/mol. The van der Waals surface area contributed by atoms with Gasteiger partial charge in [-0.15, -0.1) is 0 Å². The van der Waals surface area contributed by atoms with Crippen LogP contribution in [0.2, 0.25) is 0 Å². The zero-order valence-corrected chi connectivity index (χ0v) is 24.4. The molecule has 0 aliphatic heterocycles. The van der Waals surface area contributed by atoms with Crippen LogP contribution in [0.4, 0.5) is 0 Å². The van der Waals surface area contributed by atoms with E-state index in [4.69, 9.17) is 0 Å². The molecule has 0 fully saturated rings. The summed E-state index contributed by atoms with van der Waals surface area (Å²) in [5, 5.41) is 7.55. The molecule has 3 heterocycles. The second kappa shape index (κ2) is 9.22. The van der Waals surface area contributed by atoms with Crippen molar-refractivity contribution in [2.24, 2.45) is 0 Å². The molecule has 0 aliphatic rings. The van der Waals surface area contributed by atoms with Crippen molar-refractivity contribution in [3.8, 4) is 17.1 Å². The van der Waals surface area contributed by atoms with Crippen LogP contribution < -0.4 is 0 Å². The van der Waals surface area contributed by atoms with Gasteiger partial charge in [-0.05, 0) is 66.7 Å². The highest BCUT2D eigenvalue weighted by molar-refractivity contribution is 6.22. The Hall–Kier alpha value is -6.06. The summed E-state index contributed by atoms with van der Waals surface area (Å²) in [5.74, 6) is 0. The van der Waals surface area contributed by atoms with Crippen LogP contribution in [0.25, 0.3) is 82.5 Å². The van der Waals surface area contributed by atoms with E-state index in [0.29, 0.717) is 0 Å². The van der Waals surface area contributed by atoms with Crippen molar-refractivity contribution < 1.29 is 0 Å². The van der Waals surface area contributed by atoms with Gasteiger partial charge in [0.25, 0.3) is 0 Å². The number of hydrogen-bond acceptors (Lipinski definition) is 0. The van der Waals surface area contributed by atoms with E-state index in [1.54, 1.807) is 0 Å². The highest BCUT2D eigenvalue weighted by atomic mass is 15.0. The number of nitrogens with zero attached hydrogens (tertiary/aromatic N) is 3. The van der Waals surface area contributed by atoms with Gasteiger partial charge in [-0.3, -0.25) is 0 Å². The molecule has 0 unspecified atom stereocenters. The number of aromatic nitrogens is 3. The fourth-order valence-corrected chi connectivity index (χ4v) is 7.59. The Morgan fingerprint density at radius 2 is 0.711 bits per heavy atom. The van der Waals surface area contributed by atoms with Crippen LogP contribution in [0.5, 0.6) is 0 Å². The van der Waals surface area contributed by atoms with Crippen molar-refractivity contribution in [1.29, 1.82) is 0 Å². The van der Waals surface area contributed by atoms with E-state index in [2.05, 4.69) is 177 Å². The Bertz CT molecular complexity index is 2690. The SMILES string of the molecule is c1ccc(-n2c3ccccc3c3cc4c5c(-n6c7ccccc7c7ccccc76)cccc5n(-c5ccccc5)c4cc32)cc1. The second-order valence-corrected chi connectivity index (χ2v) is 11.8. The topological polar surface area (TPSA) is 14.8 Å². The number of rotatable bonds is 3. The van der Waals surface area contributed by atoms with Crippen LogP contribution in [0.1, 0.15) is 0 Å². The average Bonchev–Trinajstić information content (AvgIpc) is 3.73. The van der Waals surface area contributed by atoms with Crippen molar-refractivity contribution >= 4 is 65.4 Å². The molecule has 3 heteroatoms. The molecule has 0 bridgehead atoms. The third kappa shape index (κ3) is 3.35. The minimum atomic E-state index is 1.15. The van der Waals surface area contributed by atoms with E-state index in [9.17, 15) is 0 Å². The number of benzene rings is 7. The molecule has 0 N–H and O–H groups in total. The van der Waals surface area contributed by atoms with Gasteiger partial charge in [0.05, 0.1) is 38.8 Å². The maximum atomic E-state index is 2.46. The molecular formula is C42H27N3. The molecule has 0 radical (unpaired) electrons. The molecule has 3 nitrogen and oxygen atoms in total. The summed E-state index contributed by atoms with van der Waals surface area (Å²) in [5.41, 5.74) is 10.7. The molecule has 0 saturated heterocycles. The standard InChI is InChI=1S/C42H27N3/c1-3-14-28(15-4-1)43-35-21-10-9-20-32(35)33-26-34-41(27-40(33)43)44(29-16-5-2-6-17-29)38-24-13-25-39(42(34)38)45-36-22-11-7-18-30(36)31-19-8-12-23-37(31)45/h1-27H. The molecule has 0 saturated carbocycles. The lowest BCUT2D eigenvalue weighted by atomic mass is 10.1. The number of hydrogen-bond donors (Lipinski definition) is 0. The van der Waals surface area contributed by atoms with Gasteiger partial charge in [-0.2, -0.15) is 0 Å². The first kappa shape index (κ1) is 24.4. The van der Waals surface area contributed by atoms with Crippen molar-refractivity contribution in [1.82, 2.24) is 13.7 Å². The molecule has 10 aromatic rings. The molecule has 0 spiro atoms. The van der Waals surface area contributed by atoms with Crippen LogP contribution in [0.3, 0.4) is 0 Å². The number of fused-ring (bicyclic) bond motifs is 9. The second-order valence-electron chi connectivity index (χ2n) is 11.8. The van der Waals surface area contributed by atoms with Crippen molar-refractivity contribution in [2.45, 2.75) is 0 Å². The van der Waals surface area contributed by atoms with E-state index in [0.717, 1.165) is 11.4 Å². The van der Waals surface area contributed by atoms with Crippen LogP contribution in [-0.4, -0.2) is 13.7 Å². The Morgan fingerprint density at radius 1 is 0.267 bits per heavy atom. The van der Waals surface area contributed by atoms with E-state index >= 15 is 0 Å². The number of para-hydroxylation sites is 5. The summed E-state index contributed by atoms with van der Waals surface area (Å²) in [6, 6.07) is 59.4. The highest BCUT2D eigenvalue weighted by Crippen LogP contribution is 2.43. The Balaban J connectivity index is 1.43. The lowest BCUT2D eigenvalue weighted by Crippen LogP contribution is -1.96.